The molecule has 2 aromatic heterocycles. The van der Waals surface area contributed by atoms with Gasteiger partial charge in [0.25, 0.3) is 0 Å². The van der Waals surface area contributed by atoms with Gasteiger partial charge in [-0.3, -0.25) is 9.48 Å². The number of nitrogens with zero attached hydrogens (tertiary/aromatic N) is 5. The first kappa shape index (κ1) is 17.4. The lowest BCUT2D eigenvalue weighted by Gasteiger charge is -2.60. The minimum atomic E-state index is -0.265. The maximum absolute atomic E-state index is 13.4. The Bertz CT molecular complexity index is 888. The molecule has 144 valence electrons. The van der Waals surface area contributed by atoms with Gasteiger partial charge in [-0.05, 0) is 73.2 Å². The van der Waals surface area contributed by atoms with Crippen LogP contribution in [0.15, 0.2) is 17.3 Å². The predicted octanol–water partition coefficient (Wildman–Crippen LogP) is 2.69. The number of amides is 1. The van der Waals surface area contributed by atoms with Crippen LogP contribution in [0.3, 0.4) is 0 Å². The van der Waals surface area contributed by atoms with Crippen LogP contribution in [0, 0.1) is 24.2 Å². The van der Waals surface area contributed by atoms with Gasteiger partial charge in [-0.1, -0.05) is 0 Å². The summed E-state index contributed by atoms with van der Waals surface area (Å²) in [6.45, 7) is 2.54. The van der Waals surface area contributed by atoms with E-state index < -0.39 is 0 Å². The minimum absolute atomic E-state index is 0.0509. The molecule has 1 amide bonds. The Morgan fingerprint density at radius 2 is 2.04 bits per heavy atom. The second kappa shape index (κ2) is 5.90. The third kappa shape index (κ3) is 2.75. The average molecular weight is 433 g/mol. The van der Waals surface area contributed by atoms with E-state index in [2.05, 4.69) is 36.4 Å². The zero-order valence-electron chi connectivity index (χ0n) is 15.8. The lowest BCUT2D eigenvalue weighted by atomic mass is 9.46. The average Bonchev–Trinajstić information content (AvgIpc) is 3.17. The van der Waals surface area contributed by atoms with Crippen LogP contribution in [0.4, 0.5) is 0 Å². The van der Waals surface area contributed by atoms with Crippen molar-refractivity contribution >= 4 is 21.8 Å². The molecule has 2 unspecified atom stereocenters. The van der Waals surface area contributed by atoms with E-state index in [0.717, 1.165) is 43.4 Å². The van der Waals surface area contributed by atoms with Gasteiger partial charge in [-0.2, -0.15) is 5.10 Å². The number of nitrogens with one attached hydrogen (secondary N) is 1. The molecule has 2 heterocycles. The van der Waals surface area contributed by atoms with E-state index in [0.29, 0.717) is 23.1 Å². The molecule has 0 aliphatic heterocycles. The second-order valence-electron chi connectivity index (χ2n) is 9.02. The monoisotopic (exact) mass is 432 g/mol. The SMILES string of the molecule is Cc1nn(C)cc1CNC(=O)C12CC3CC(C1)CC(n1cnc(Br)n1)(C3)C2. The van der Waals surface area contributed by atoms with Gasteiger partial charge in [-0.15, -0.1) is 5.10 Å². The molecular formula is C19H25BrN6O. The molecule has 4 fully saturated rings. The van der Waals surface area contributed by atoms with Crippen LogP contribution >= 0.6 is 15.9 Å². The highest BCUT2D eigenvalue weighted by molar-refractivity contribution is 9.10. The van der Waals surface area contributed by atoms with Crippen molar-refractivity contribution in [3.63, 3.8) is 0 Å². The molecule has 0 spiro atoms. The van der Waals surface area contributed by atoms with Crippen LogP contribution in [0.25, 0.3) is 0 Å². The second-order valence-corrected chi connectivity index (χ2v) is 9.73. The first-order valence-corrected chi connectivity index (χ1v) is 10.5. The molecule has 4 saturated carbocycles. The van der Waals surface area contributed by atoms with Crippen molar-refractivity contribution in [3.05, 3.63) is 28.5 Å². The van der Waals surface area contributed by atoms with Gasteiger partial charge < -0.3 is 5.32 Å². The van der Waals surface area contributed by atoms with Crippen LogP contribution in [0.2, 0.25) is 0 Å². The first-order chi connectivity index (χ1) is 12.9. The van der Waals surface area contributed by atoms with E-state index >= 15 is 0 Å². The summed E-state index contributed by atoms with van der Waals surface area (Å²) < 4.78 is 4.48. The Labute approximate surface area is 167 Å². The number of halogens is 1. The molecule has 0 saturated heterocycles. The fraction of sp³-hybridized carbons (Fsp3) is 0.684. The van der Waals surface area contributed by atoms with Gasteiger partial charge in [-0.25, -0.2) is 9.67 Å². The van der Waals surface area contributed by atoms with Crippen molar-refractivity contribution in [1.82, 2.24) is 29.9 Å². The molecule has 4 aliphatic carbocycles. The molecule has 8 heteroatoms. The summed E-state index contributed by atoms with van der Waals surface area (Å²) in [7, 11) is 1.91. The van der Waals surface area contributed by atoms with Crippen LogP contribution in [-0.4, -0.2) is 30.5 Å². The number of hydrogen-bond acceptors (Lipinski definition) is 4. The summed E-state index contributed by atoms with van der Waals surface area (Å²) in [5, 5.41) is 12.2. The zero-order valence-corrected chi connectivity index (χ0v) is 17.4. The number of hydrogen-bond donors (Lipinski definition) is 1. The van der Waals surface area contributed by atoms with E-state index in [1.165, 1.54) is 6.42 Å². The molecular weight excluding hydrogens is 408 g/mol. The number of aryl methyl sites for hydroxylation is 2. The maximum Gasteiger partial charge on any atom is 0.226 e. The molecule has 1 N–H and O–H groups in total. The molecule has 4 aliphatic rings. The van der Waals surface area contributed by atoms with E-state index in [1.54, 1.807) is 4.68 Å². The number of carbonyl (C=O) groups excluding carboxylic acids is 1. The molecule has 4 bridgehead atoms. The summed E-state index contributed by atoms with van der Waals surface area (Å²) in [5.74, 6) is 1.43. The maximum atomic E-state index is 13.4. The number of rotatable bonds is 4. The third-order valence-corrected chi connectivity index (χ3v) is 7.38. The van der Waals surface area contributed by atoms with E-state index in [9.17, 15) is 4.79 Å². The topological polar surface area (TPSA) is 77.6 Å². The van der Waals surface area contributed by atoms with Gasteiger partial charge in [0.15, 0.2) is 0 Å². The van der Waals surface area contributed by atoms with Crippen molar-refractivity contribution in [3.8, 4) is 0 Å². The molecule has 2 atom stereocenters. The van der Waals surface area contributed by atoms with Crippen molar-refractivity contribution in [2.24, 2.45) is 24.3 Å². The largest absolute Gasteiger partial charge is 0.351 e. The van der Waals surface area contributed by atoms with Crippen molar-refractivity contribution in [2.45, 2.75) is 57.5 Å². The minimum Gasteiger partial charge on any atom is -0.351 e. The molecule has 27 heavy (non-hydrogen) atoms. The van der Waals surface area contributed by atoms with Crippen LogP contribution in [-0.2, 0) is 23.9 Å². The Hall–Kier alpha value is -1.70. The Balaban J connectivity index is 1.40. The summed E-state index contributed by atoms with van der Waals surface area (Å²) >= 11 is 3.38. The van der Waals surface area contributed by atoms with Gasteiger partial charge in [0, 0.05) is 25.4 Å². The normalized spacial score (nSPS) is 34.2. The van der Waals surface area contributed by atoms with E-state index in [-0.39, 0.29) is 16.9 Å². The van der Waals surface area contributed by atoms with Crippen LogP contribution < -0.4 is 5.32 Å². The Morgan fingerprint density at radius 1 is 1.30 bits per heavy atom. The predicted molar refractivity (Wildman–Crippen MR) is 103 cm³/mol. The summed E-state index contributed by atoms with van der Waals surface area (Å²) in [4.78, 5) is 17.7. The van der Waals surface area contributed by atoms with E-state index in [4.69, 9.17) is 0 Å². The fourth-order valence-electron chi connectivity index (χ4n) is 6.40. The molecule has 0 aromatic carbocycles. The zero-order chi connectivity index (χ0) is 18.8. The van der Waals surface area contributed by atoms with Crippen LogP contribution in [0.5, 0.6) is 0 Å². The van der Waals surface area contributed by atoms with Gasteiger partial charge in [0.2, 0.25) is 10.6 Å². The van der Waals surface area contributed by atoms with Crippen molar-refractivity contribution < 1.29 is 4.79 Å². The molecule has 2 aromatic rings. The summed E-state index contributed by atoms with van der Waals surface area (Å²) in [5.41, 5.74) is 1.75. The van der Waals surface area contributed by atoms with Crippen molar-refractivity contribution in [1.29, 1.82) is 0 Å². The van der Waals surface area contributed by atoms with Gasteiger partial charge in [0.05, 0.1) is 16.6 Å². The smallest absolute Gasteiger partial charge is 0.226 e. The Kier molecular flexibility index (Phi) is 3.80. The standard InChI is InChI=1S/C19H25BrN6O/c1-12-15(9-25(2)23-12)8-21-16(27)18-4-13-3-14(5-18)7-19(6-13,10-18)26-11-22-17(20)24-26/h9,11,13-14H,3-8,10H2,1-2H3,(H,21,27). The quantitative estimate of drug-likeness (QED) is 0.805. The first-order valence-electron chi connectivity index (χ1n) is 9.73. The summed E-state index contributed by atoms with van der Waals surface area (Å²) in [6.07, 6.45) is 10.2. The van der Waals surface area contributed by atoms with Gasteiger partial charge >= 0.3 is 0 Å². The highest BCUT2D eigenvalue weighted by Gasteiger charge is 2.61. The number of carbonyl (C=O) groups is 1. The molecule has 0 radical (unpaired) electrons. The fourth-order valence-corrected chi connectivity index (χ4v) is 6.67. The van der Waals surface area contributed by atoms with Crippen molar-refractivity contribution in [2.75, 3.05) is 0 Å². The highest BCUT2D eigenvalue weighted by Crippen LogP contribution is 2.64. The number of aromatic nitrogens is 5. The lowest BCUT2D eigenvalue weighted by molar-refractivity contribution is -0.156. The van der Waals surface area contributed by atoms with Crippen LogP contribution in [0.1, 0.15) is 49.8 Å². The van der Waals surface area contributed by atoms with Gasteiger partial charge in [0.1, 0.15) is 6.33 Å². The lowest BCUT2D eigenvalue weighted by Crippen LogP contribution is -2.61. The van der Waals surface area contributed by atoms with E-state index in [1.807, 2.05) is 31.2 Å². The third-order valence-electron chi connectivity index (χ3n) is 7.02. The highest BCUT2D eigenvalue weighted by atomic mass is 79.9. The molecule has 6 rings (SSSR count). The Morgan fingerprint density at radius 3 is 2.63 bits per heavy atom. The summed E-state index contributed by atoms with van der Waals surface area (Å²) in [6, 6.07) is 0. The molecule has 7 nitrogen and oxygen atoms in total.